The van der Waals surface area contributed by atoms with Gasteiger partial charge in [0.15, 0.2) is 0 Å². The van der Waals surface area contributed by atoms with Gasteiger partial charge in [-0.05, 0) is 61.7 Å². The second-order valence-electron chi connectivity index (χ2n) is 5.74. The summed E-state index contributed by atoms with van der Waals surface area (Å²) < 4.78 is 7.18. The van der Waals surface area contributed by atoms with Crippen LogP contribution in [0.5, 0.6) is 5.75 Å². The Balaban J connectivity index is 2.28. The molecule has 0 saturated carbocycles. The highest BCUT2D eigenvalue weighted by Crippen LogP contribution is 2.36. The third-order valence-electron chi connectivity index (χ3n) is 3.60. The first-order chi connectivity index (χ1) is 12.9. The number of ether oxygens (including phenoxy) is 1. The molecule has 0 N–H and O–H groups in total. The molecule has 2 aromatic carbocycles. The number of rotatable bonds is 5. The second-order valence-corrected chi connectivity index (χ2v) is 7.45. The summed E-state index contributed by atoms with van der Waals surface area (Å²) in [7, 11) is 3.19. The highest BCUT2D eigenvalue weighted by molar-refractivity contribution is 9.11. The molecule has 0 radical (unpaired) electrons. The van der Waals surface area contributed by atoms with E-state index in [2.05, 4.69) is 37.9 Å². The topological polar surface area (TPSA) is 77.1 Å². The van der Waals surface area contributed by atoms with E-state index in [1.807, 2.05) is 18.2 Å². The lowest BCUT2D eigenvalue weighted by molar-refractivity contribution is -0.124. The zero-order chi connectivity index (χ0) is 20.0. The zero-order valence-corrected chi connectivity index (χ0v) is 17.8. The molecule has 0 spiro atoms. The largest absolute Gasteiger partial charge is 0.486 e. The fourth-order valence-corrected chi connectivity index (χ4v) is 3.71. The van der Waals surface area contributed by atoms with Gasteiger partial charge in [0, 0.05) is 19.7 Å². The first kappa shape index (κ1) is 20.7. The molecule has 27 heavy (non-hydrogen) atoms. The molecular weight excluding hydrogens is 474 g/mol. The van der Waals surface area contributed by atoms with Crippen LogP contribution in [0.4, 0.5) is 0 Å². The minimum absolute atomic E-state index is 0.0374. The minimum atomic E-state index is -0.363. The molecule has 0 heterocycles. The van der Waals surface area contributed by atoms with E-state index in [1.165, 1.54) is 11.0 Å². The number of carbonyl (C=O) groups excluding carboxylic acids is 1. The number of nitrogens with zero attached hydrogens (tertiary/aromatic N) is 3. The van der Waals surface area contributed by atoms with Gasteiger partial charge < -0.3 is 9.64 Å². The van der Waals surface area contributed by atoms with E-state index in [0.29, 0.717) is 25.8 Å². The van der Waals surface area contributed by atoms with E-state index in [9.17, 15) is 10.1 Å². The van der Waals surface area contributed by atoms with Gasteiger partial charge in [0.25, 0.3) is 5.91 Å². The van der Waals surface area contributed by atoms with Crippen LogP contribution >= 0.6 is 31.9 Å². The van der Waals surface area contributed by atoms with Crippen molar-refractivity contribution in [2.24, 2.45) is 0 Å². The summed E-state index contributed by atoms with van der Waals surface area (Å²) in [6.07, 6.45) is 1.52. The van der Waals surface area contributed by atoms with Gasteiger partial charge >= 0.3 is 0 Å². The maximum atomic E-state index is 12.0. The molecule has 5 nitrogen and oxygen atoms in total. The summed E-state index contributed by atoms with van der Waals surface area (Å²) in [4.78, 5) is 13.3. The number of carbonyl (C=O) groups is 1. The van der Waals surface area contributed by atoms with E-state index in [0.717, 1.165) is 5.56 Å². The molecular formula is C20H15Br2N3O2. The van der Waals surface area contributed by atoms with Gasteiger partial charge in [0.2, 0.25) is 0 Å². The number of hydrogen-bond donors (Lipinski definition) is 0. The van der Waals surface area contributed by atoms with Crippen LogP contribution in [0.3, 0.4) is 0 Å². The number of nitriles is 2. The maximum Gasteiger partial charge on any atom is 0.264 e. The summed E-state index contributed by atoms with van der Waals surface area (Å²) in [6, 6.07) is 14.8. The Morgan fingerprint density at radius 2 is 1.81 bits per heavy atom. The van der Waals surface area contributed by atoms with Crippen LogP contribution in [0.1, 0.15) is 16.7 Å². The van der Waals surface area contributed by atoms with Gasteiger partial charge in [-0.2, -0.15) is 10.5 Å². The van der Waals surface area contributed by atoms with E-state index in [1.54, 1.807) is 38.4 Å². The smallest absolute Gasteiger partial charge is 0.264 e. The molecule has 0 atom stereocenters. The lowest BCUT2D eigenvalue weighted by Crippen LogP contribution is -2.22. The van der Waals surface area contributed by atoms with Gasteiger partial charge in [-0.1, -0.05) is 18.2 Å². The fraction of sp³-hybridized carbons (Fsp3) is 0.150. The number of hydrogen-bond acceptors (Lipinski definition) is 4. The summed E-state index contributed by atoms with van der Waals surface area (Å²) in [6.45, 7) is 0.235. The van der Waals surface area contributed by atoms with Gasteiger partial charge in [-0.25, -0.2) is 0 Å². The van der Waals surface area contributed by atoms with Crippen molar-refractivity contribution in [1.29, 1.82) is 10.5 Å². The lowest BCUT2D eigenvalue weighted by atomic mass is 10.1. The molecule has 0 aliphatic carbocycles. The lowest BCUT2D eigenvalue weighted by Gasteiger charge is -2.13. The van der Waals surface area contributed by atoms with E-state index in [4.69, 9.17) is 10.00 Å². The third-order valence-corrected chi connectivity index (χ3v) is 4.78. The Bertz CT molecular complexity index is 962. The zero-order valence-electron chi connectivity index (χ0n) is 14.7. The Kier molecular flexibility index (Phi) is 7.18. The molecule has 0 fully saturated rings. The second kappa shape index (κ2) is 9.36. The van der Waals surface area contributed by atoms with Gasteiger partial charge in [0.1, 0.15) is 24.0 Å². The normalized spacial score (nSPS) is 10.7. The summed E-state index contributed by atoms with van der Waals surface area (Å²) in [5, 5.41) is 18.4. The third kappa shape index (κ3) is 5.19. The van der Waals surface area contributed by atoms with Crippen LogP contribution in [0, 0.1) is 22.7 Å². The van der Waals surface area contributed by atoms with Crippen molar-refractivity contribution in [1.82, 2.24) is 4.90 Å². The molecule has 2 aromatic rings. The SMILES string of the molecule is CN(C)C(=O)/C(C#N)=C\c1cc(Br)c(OCc2ccccc2C#N)c(Br)c1. The summed E-state index contributed by atoms with van der Waals surface area (Å²) in [5.41, 5.74) is 2.05. The highest BCUT2D eigenvalue weighted by Gasteiger charge is 2.14. The Morgan fingerprint density at radius 1 is 1.19 bits per heavy atom. The molecule has 0 saturated heterocycles. The van der Waals surface area contributed by atoms with Gasteiger partial charge in [0.05, 0.1) is 20.6 Å². The predicted octanol–water partition coefficient (Wildman–Crippen LogP) is 4.66. The Labute approximate surface area is 174 Å². The van der Waals surface area contributed by atoms with Crippen molar-refractivity contribution in [3.8, 4) is 17.9 Å². The van der Waals surface area contributed by atoms with Gasteiger partial charge in [-0.15, -0.1) is 0 Å². The number of amides is 1. The van der Waals surface area contributed by atoms with Crippen LogP contribution in [-0.4, -0.2) is 24.9 Å². The summed E-state index contributed by atoms with van der Waals surface area (Å²) in [5.74, 6) is 0.204. The number of benzene rings is 2. The first-order valence-electron chi connectivity index (χ1n) is 7.80. The van der Waals surface area contributed by atoms with E-state index in [-0.39, 0.29) is 18.1 Å². The number of halogens is 2. The minimum Gasteiger partial charge on any atom is -0.486 e. The molecule has 0 aliphatic rings. The molecule has 0 unspecified atom stereocenters. The molecule has 0 aromatic heterocycles. The highest BCUT2D eigenvalue weighted by atomic mass is 79.9. The van der Waals surface area contributed by atoms with Crippen LogP contribution in [-0.2, 0) is 11.4 Å². The van der Waals surface area contributed by atoms with E-state index < -0.39 is 0 Å². The molecule has 1 amide bonds. The Morgan fingerprint density at radius 3 is 2.37 bits per heavy atom. The van der Waals surface area contributed by atoms with Crippen molar-refractivity contribution in [3.05, 3.63) is 67.6 Å². The van der Waals surface area contributed by atoms with Crippen molar-refractivity contribution in [2.75, 3.05) is 14.1 Å². The van der Waals surface area contributed by atoms with Crippen LogP contribution < -0.4 is 4.74 Å². The molecule has 7 heteroatoms. The molecule has 0 aliphatic heterocycles. The van der Waals surface area contributed by atoms with E-state index >= 15 is 0 Å². The predicted molar refractivity (Wildman–Crippen MR) is 110 cm³/mol. The molecule has 0 bridgehead atoms. The van der Waals surface area contributed by atoms with Crippen molar-refractivity contribution < 1.29 is 9.53 Å². The average molecular weight is 489 g/mol. The Hall–Kier alpha value is -2.61. The number of likely N-dealkylation sites (N-methyl/N-ethyl adjacent to an activating group) is 1. The monoisotopic (exact) mass is 487 g/mol. The molecule has 136 valence electrons. The first-order valence-corrected chi connectivity index (χ1v) is 9.39. The van der Waals surface area contributed by atoms with Crippen LogP contribution in [0.25, 0.3) is 6.08 Å². The average Bonchev–Trinajstić information content (AvgIpc) is 2.65. The van der Waals surface area contributed by atoms with Crippen molar-refractivity contribution in [2.45, 2.75) is 6.61 Å². The van der Waals surface area contributed by atoms with Crippen LogP contribution in [0.15, 0.2) is 50.9 Å². The summed E-state index contributed by atoms with van der Waals surface area (Å²) >= 11 is 6.91. The fourth-order valence-electron chi connectivity index (χ4n) is 2.26. The molecule has 2 rings (SSSR count). The van der Waals surface area contributed by atoms with Crippen molar-refractivity contribution in [3.63, 3.8) is 0 Å². The van der Waals surface area contributed by atoms with Gasteiger partial charge in [-0.3, -0.25) is 4.79 Å². The quantitative estimate of drug-likeness (QED) is 0.453. The van der Waals surface area contributed by atoms with Crippen LogP contribution in [0.2, 0.25) is 0 Å². The van der Waals surface area contributed by atoms with Crippen molar-refractivity contribution >= 4 is 43.8 Å². The standard InChI is InChI=1S/C20H15Br2N3O2/c1-25(2)20(26)16(11-24)7-13-8-17(21)19(18(22)9-13)27-12-15-6-4-3-5-14(15)10-23/h3-9H,12H2,1-2H3/b16-7-. The maximum absolute atomic E-state index is 12.0.